The first kappa shape index (κ1) is 16.6. The summed E-state index contributed by atoms with van der Waals surface area (Å²) in [5.74, 6) is -0.316. The van der Waals surface area contributed by atoms with Crippen LogP contribution >= 0.6 is 0 Å². The molecule has 0 saturated carbocycles. The van der Waals surface area contributed by atoms with Crippen molar-refractivity contribution in [3.8, 4) is 5.75 Å². The van der Waals surface area contributed by atoms with Gasteiger partial charge in [0, 0.05) is 0 Å². The van der Waals surface area contributed by atoms with Crippen LogP contribution < -0.4 is 10.2 Å². The molecular formula is C20H17FN2O2. The summed E-state index contributed by atoms with van der Waals surface area (Å²) in [6, 6.07) is 19.5. The monoisotopic (exact) mass is 336 g/mol. The zero-order valence-corrected chi connectivity index (χ0v) is 13.7. The third kappa shape index (κ3) is 4.41. The number of halogens is 1. The topological polar surface area (TPSA) is 50.7 Å². The van der Waals surface area contributed by atoms with Gasteiger partial charge in [-0.05, 0) is 53.6 Å². The average molecular weight is 336 g/mol. The molecule has 0 fully saturated rings. The number of carbonyl (C=O) groups is 1. The molecule has 0 bridgehead atoms. The summed E-state index contributed by atoms with van der Waals surface area (Å²) in [6.45, 7) is 1.63. The molecule has 0 unspecified atom stereocenters. The Labute approximate surface area is 144 Å². The summed E-state index contributed by atoms with van der Waals surface area (Å²) in [5, 5.41) is 6.37. The van der Waals surface area contributed by atoms with Crippen LogP contribution in [0.15, 0.2) is 71.8 Å². The third-order valence-electron chi connectivity index (χ3n) is 3.70. The van der Waals surface area contributed by atoms with Crippen LogP contribution in [0.1, 0.15) is 12.5 Å². The van der Waals surface area contributed by atoms with Crippen LogP contribution in [0.4, 0.5) is 4.39 Å². The van der Waals surface area contributed by atoms with Gasteiger partial charge in [-0.2, -0.15) is 5.10 Å². The Hall–Kier alpha value is -3.21. The molecule has 126 valence electrons. The molecule has 0 aromatic heterocycles. The van der Waals surface area contributed by atoms with Crippen molar-refractivity contribution in [2.24, 2.45) is 5.10 Å². The summed E-state index contributed by atoms with van der Waals surface area (Å²) in [4.78, 5) is 11.8. The van der Waals surface area contributed by atoms with Gasteiger partial charge < -0.3 is 4.74 Å². The Morgan fingerprint density at radius 3 is 2.52 bits per heavy atom. The zero-order valence-electron chi connectivity index (χ0n) is 13.7. The number of nitrogens with one attached hydrogen (secondary N) is 1. The Bertz CT molecular complexity index is 920. The van der Waals surface area contributed by atoms with E-state index in [1.54, 1.807) is 0 Å². The highest BCUT2D eigenvalue weighted by atomic mass is 19.1. The van der Waals surface area contributed by atoms with E-state index in [0.717, 1.165) is 16.3 Å². The number of ether oxygens (including phenoxy) is 1. The highest BCUT2D eigenvalue weighted by molar-refractivity contribution is 6.02. The van der Waals surface area contributed by atoms with Gasteiger partial charge in [-0.3, -0.25) is 4.79 Å². The summed E-state index contributed by atoms with van der Waals surface area (Å²) >= 11 is 0. The highest BCUT2D eigenvalue weighted by Crippen LogP contribution is 2.16. The molecule has 3 aromatic carbocycles. The number of hydrogen-bond acceptors (Lipinski definition) is 3. The molecule has 0 radical (unpaired) electrons. The van der Waals surface area contributed by atoms with Crippen molar-refractivity contribution in [2.75, 3.05) is 6.61 Å². The number of rotatable bonds is 5. The minimum absolute atomic E-state index is 0.194. The minimum Gasteiger partial charge on any atom is -0.484 e. The fourth-order valence-corrected chi connectivity index (χ4v) is 2.34. The lowest BCUT2D eigenvalue weighted by Gasteiger charge is -2.06. The van der Waals surface area contributed by atoms with E-state index in [1.807, 2.05) is 49.4 Å². The Kier molecular flexibility index (Phi) is 5.04. The third-order valence-corrected chi connectivity index (χ3v) is 3.70. The van der Waals surface area contributed by atoms with Crippen LogP contribution in [0.5, 0.6) is 5.75 Å². The molecule has 0 aliphatic rings. The van der Waals surface area contributed by atoms with E-state index in [2.05, 4.69) is 10.5 Å². The SMILES string of the molecule is C/C(=N/NC(=O)COc1ccc(F)cc1)c1ccc2ccccc2c1. The van der Waals surface area contributed by atoms with E-state index in [-0.39, 0.29) is 18.3 Å². The molecule has 0 heterocycles. The van der Waals surface area contributed by atoms with Crippen LogP contribution in [0, 0.1) is 5.82 Å². The second kappa shape index (κ2) is 7.57. The van der Waals surface area contributed by atoms with Crippen molar-refractivity contribution in [1.29, 1.82) is 0 Å². The maximum absolute atomic E-state index is 12.8. The lowest BCUT2D eigenvalue weighted by Crippen LogP contribution is -2.25. The largest absolute Gasteiger partial charge is 0.484 e. The minimum atomic E-state index is -0.385. The van der Waals surface area contributed by atoms with Gasteiger partial charge >= 0.3 is 0 Å². The van der Waals surface area contributed by atoms with Gasteiger partial charge in [-0.15, -0.1) is 0 Å². The lowest BCUT2D eigenvalue weighted by atomic mass is 10.0. The quantitative estimate of drug-likeness (QED) is 0.567. The van der Waals surface area contributed by atoms with Crippen molar-refractivity contribution < 1.29 is 13.9 Å². The average Bonchev–Trinajstić information content (AvgIpc) is 2.65. The van der Waals surface area contributed by atoms with Gasteiger partial charge in [0.2, 0.25) is 0 Å². The van der Waals surface area contributed by atoms with Crippen molar-refractivity contribution in [2.45, 2.75) is 6.92 Å². The highest BCUT2D eigenvalue weighted by Gasteiger charge is 2.04. The molecule has 0 atom stereocenters. The van der Waals surface area contributed by atoms with Crippen LogP contribution in [0.2, 0.25) is 0 Å². The molecule has 3 rings (SSSR count). The van der Waals surface area contributed by atoms with E-state index in [0.29, 0.717) is 11.5 Å². The van der Waals surface area contributed by atoms with E-state index < -0.39 is 0 Å². The maximum atomic E-state index is 12.8. The molecule has 1 N–H and O–H groups in total. The maximum Gasteiger partial charge on any atom is 0.277 e. The Morgan fingerprint density at radius 1 is 1.04 bits per heavy atom. The van der Waals surface area contributed by atoms with Gasteiger partial charge in [0.05, 0.1) is 5.71 Å². The molecule has 0 aliphatic heterocycles. The number of carbonyl (C=O) groups excluding carboxylic acids is 1. The Balaban J connectivity index is 1.59. The lowest BCUT2D eigenvalue weighted by molar-refractivity contribution is -0.123. The summed E-state index contributed by atoms with van der Waals surface area (Å²) in [5.41, 5.74) is 4.08. The van der Waals surface area contributed by atoms with Crippen LogP contribution in [0.25, 0.3) is 10.8 Å². The fraction of sp³-hybridized carbons (Fsp3) is 0.100. The standard InChI is InChI=1S/C20H17FN2O2/c1-14(16-7-6-15-4-2-3-5-17(15)12-16)22-23-20(24)13-25-19-10-8-18(21)9-11-19/h2-12H,13H2,1H3,(H,23,24)/b22-14-. The second-order valence-corrected chi connectivity index (χ2v) is 5.54. The van der Waals surface area contributed by atoms with Gasteiger partial charge in [0.15, 0.2) is 6.61 Å². The van der Waals surface area contributed by atoms with E-state index in [1.165, 1.54) is 24.3 Å². The normalized spacial score (nSPS) is 11.4. The predicted octanol–water partition coefficient (Wildman–Crippen LogP) is 3.90. The zero-order chi connectivity index (χ0) is 17.6. The number of fused-ring (bicyclic) bond motifs is 1. The summed E-state index contributed by atoms with van der Waals surface area (Å²) < 4.78 is 18.1. The van der Waals surface area contributed by atoms with Crippen molar-refractivity contribution in [3.63, 3.8) is 0 Å². The van der Waals surface area contributed by atoms with Crippen LogP contribution in [-0.4, -0.2) is 18.2 Å². The van der Waals surface area contributed by atoms with Crippen LogP contribution in [-0.2, 0) is 4.79 Å². The van der Waals surface area contributed by atoms with Crippen LogP contribution in [0.3, 0.4) is 0 Å². The van der Waals surface area contributed by atoms with Gasteiger partial charge in [-0.1, -0.05) is 36.4 Å². The molecule has 0 saturated heterocycles. The van der Waals surface area contributed by atoms with E-state index in [4.69, 9.17) is 4.74 Å². The first-order chi connectivity index (χ1) is 12.1. The van der Waals surface area contributed by atoms with Gasteiger partial charge in [0.25, 0.3) is 5.91 Å². The number of hydrogen-bond donors (Lipinski definition) is 1. The van der Waals surface area contributed by atoms with Crippen molar-refractivity contribution in [1.82, 2.24) is 5.43 Å². The Morgan fingerprint density at radius 2 is 1.76 bits per heavy atom. The number of amides is 1. The van der Waals surface area contributed by atoms with E-state index in [9.17, 15) is 9.18 Å². The first-order valence-corrected chi connectivity index (χ1v) is 7.82. The molecule has 0 aliphatic carbocycles. The smallest absolute Gasteiger partial charge is 0.277 e. The van der Waals surface area contributed by atoms with E-state index >= 15 is 0 Å². The molecule has 4 nitrogen and oxygen atoms in total. The number of benzene rings is 3. The fourth-order valence-electron chi connectivity index (χ4n) is 2.34. The molecule has 5 heteroatoms. The molecule has 3 aromatic rings. The molecular weight excluding hydrogens is 319 g/mol. The molecule has 1 amide bonds. The van der Waals surface area contributed by atoms with Crippen molar-refractivity contribution in [3.05, 3.63) is 78.1 Å². The summed E-state index contributed by atoms with van der Waals surface area (Å²) in [7, 11) is 0. The van der Waals surface area contributed by atoms with Gasteiger partial charge in [0.1, 0.15) is 11.6 Å². The molecule has 0 spiro atoms. The molecule has 25 heavy (non-hydrogen) atoms. The summed E-state index contributed by atoms with van der Waals surface area (Å²) in [6.07, 6.45) is 0. The second-order valence-electron chi connectivity index (χ2n) is 5.54. The van der Waals surface area contributed by atoms with Gasteiger partial charge in [-0.25, -0.2) is 9.82 Å². The first-order valence-electron chi connectivity index (χ1n) is 7.82. The predicted molar refractivity (Wildman–Crippen MR) is 96.2 cm³/mol. The number of nitrogens with zero attached hydrogens (tertiary/aromatic N) is 1. The number of hydrazone groups is 1. The van der Waals surface area contributed by atoms with Crippen molar-refractivity contribution >= 4 is 22.4 Å².